The first-order valence-electron chi connectivity index (χ1n) is 8.80. The minimum atomic E-state index is -0.355. The van der Waals surface area contributed by atoms with Crippen LogP contribution >= 0.6 is 0 Å². The van der Waals surface area contributed by atoms with Crippen molar-refractivity contribution in [3.05, 3.63) is 23.9 Å². The summed E-state index contributed by atoms with van der Waals surface area (Å²) in [7, 11) is 0. The molecule has 1 saturated heterocycles. The number of nitrogens with zero attached hydrogens (tertiary/aromatic N) is 2. The lowest BCUT2D eigenvalue weighted by atomic mass is 9.81. The van der Waals surface area contributed by atoms with Crippen molar-refractivity contribution in [3.8, 4) is 5.88 Å². The maximum absolute atomic E-state index is 12.4. The summed E-state index contributed by atoms with van der Waals surface area (Å²) in [5.74, 6) is -0.715. The van der Waals surface area contributed by atoms with Gasteiger partial charge in [0.1, 0.15) is 6.54 Å². The highest BCUT2D eigenvalue weighted by atomic mass is 16.5. The second-order valence-electron chi connectivity index (χ2n) is 6.44. The van der Waals surface area contributed by atoms with E-state index in [4.69, 9.17) is 4.74 Å². The van der Waals surface area contributed by atoms with E-state index in [9.17, 15) is 14.4 Å². The van der Waals surface area contributed by atoms with Gasteiger partial charge in [-0.3, -0.25) is 19.3 Å². The molecule has 2 fully saturated rings. The third-order valence-electron chi connectivity index (χ3n) is 4.84. The van der Waals surface area contributed by atoms with Crippen LogP contribution in [-0.4, -0.2) is 40.8 Å². The number of carbonyl (C=O) groups is 3. The Morgan fingerprint density at radius 3 is 2.60 bits per heavy atom. The van der Waals surface area contributed by atoms with Crippen LogP contribution in [0, 0.1) is 11.8 Å². The predicted octanol–water partition coefficient (Wildman–Crippen LogP) is 1.27. The van der Waals surface area contributed by atoms with Crippen LogP contribution in [0.3, 0.4) is 0 Å². The molecule has 3 amide bonds. The SMILES string of the molecule is CCOc1ncccc1CNC(=O)CN1C(=O)[C@H]2CCCC[C@H]2C1=O. The molecule has 2 aliphatic rings. The van der Waals surface area contributed by atoms with Crippen molar-refractivity contribution in [1.82, 2.24) is 15.2 Å². The Labute approximate surface area is 146 Å². The maximum atomic E-state index is 12.4. The monoisotopic (exact) mass is 345 g/mol. The largest absolute Gasteiger partial charge is 0.478 e. The van der Waals surface area contributed by atoms with E-state index in [0.29, 0.717) is 12.5 Å². The third-order valence-corrected chi connectivity index (χ3v) is 4.84. The fourth-order valence-corrected chi connectivity index (χ4v) is 3.61. The molecule has 7 nitrogen and oxygen atoms in total. The molecule has 0 spiro atoms. The number of rotatable bonds is 6. The van der Waals surface area contributed by atoms with E-state index >= 15 is 0 Å². The van der Waals surface area contributed by atoms with E-state index in [1.807, 2.05) is 13.0 Å². The maximum Gasteiger partial charge on any atom is 0.240 e. The average molecular weight is 345 g/mol. The molecule has 1 saturated carbocycles. The second kappa shape index (κ2) is 7.63. The molecule has 25 heavy (non-hydrogen) atoms. The van der Waals surface area contributed by atoms with Crippen LogP contribution in [0.5, 0.6) is 5.88 Å². The van der Waals surface area contributed by atoms with Crippen LogP contribution in [0.25, 0.3) is 0 Å². The number of amides is 3. The lowest BCUT2D eigenvalue weighted by molar-refractivity contribution is -0.143. The quantitative estimate of drug-likeness (QED) is 0.785. The Morgan fingerprint density at radius 2 is 1.96 bits per heavy atom. The topological polar surface area (TPSA) is 88.6 Å². The number of hydrogen-bond acceptors (Lipinski definition) is 5. The lowest BCUT2D eigenvalue weighted by Gasteiger charge is -2.19. The van der Waals surface area contributed by atoms with Crippen molar-refractivity contribution in [2.75, 3.05) is 13.2 Å². The molecule has 0 bridgehead atoms. The van der Waals surface area contributed by atoms with Gasteiger partial charge >= 0.3 is 0 Å². The molecule has 1 aromatic rings. The Kier molecular flexibility index (Phi) is 5.31. The highest BCUT2D eigenvalue weighted by molar-refractivity contribution is 6.07. The van der Waals surface area contributed by atoms with E-state index in [-0.39, 0.29) is 42.6 Å². The summed E-state index contributed by atoms with van der Waals surface area (Å²) in [5, 5.41) is 2.74. The van der Waals surface area contributed by atoms with Crippen LogP contribution in [0.4, 0.5) is 0 Å². The van der Waals surface area contributed by atoms with E-state index in [1.165, 1.54) is 0 Å². The molecule has 3 rings (SSSR count). The van der Waals surface area contributed by atoms with Crippen LogP contribution < -0.4 is 10.1 Å². The molecule has 0 radical (unpaired) electrons. The average Bonchev–Trinajstić information content (AvgIpc) is 2.87. The fraction of sp³-hybridized carbons (Fsp3) is 0.556. The molecule has 1 N–H and O–H groups in total. The molecule has 1 aromatic heterocycles. The Hall–Kier alpha value is -2.44. The van der Waals surface area contributed by atoms with Gasteiger partial charge in [-0.25, -0.2) is 4.98 Å². The number of aromatic nitrogens is 1. The summed E-state index contributed by atoms with van der Waals surface area (Å²) >= 11 is 0. The van der Waals surface area contributed by atoms with Crippen molar-refractivity contribution < 1.29 is 19.1 Å². The number of nitrogens with one attached hydrogen (secondary N) is 1. The highest BCUT2D eigenvalue weighted by Crippen LogP contribution is 2.37. The summed E-state index contributed by atoms with van der Waals surface area (Å²) in [6.45, 7) is 2.37. The van der Waals surface area contributed by atoms with Crippen LogP contribution in [-0.2, 0) is 20.9 Å². The first kappa shape index (κ1) is 17.4. The summed E-state index contributed by atoms with van der Waals surface area (Å²) in [6.07, 6.45) is 5.07. The number of pyridine rings is 1. The number of fused-ring (bicyclic) bond motifs is 1. The molecule has 0 unspecified atom stereocenters. The van der Waals surface area contributed by atoms with Gasteiger partial charge in [0, 0.05) is 18.3 Å². The van der Waals surface area contributed by atoms with E-state index in [0.717, 1.165) is 36.1 Å². The molecular weight excluding hydrogens is 322 g/mol. The van der Waals surface area contributed by atoms with Gasteiger partial charge in [-0.15, -0.1) is 0 Å². The smallest absolute Gasteiger partial charge is 0.240 e. The predicted molar refractivity (Wildman–Crippen MR) is 89.4 cm³/mol. The van der Waals surface area contributed by atoms with Gasteiger partial charge in [0.05, 0.1) is 18.4 Å². The molecule has 1 aliphatic heterocycles. The minimum Gasteiger partial charge on any atom is -0.478 e. The van der Waals surface area contributed by atoms with Crippen molar-refractivity contribution in [3.63, 3.8) is 0 Å². The first-order chi connectivity index (χ1) is 12.1. The zero-order valence-corrected chi connectivity index (χ0v) is 14.4. The van der Waals surface area contributed by atoms with Gasteiger partial charge in [0.15, 0.2) is 0 Å². The van der Waals surface area contributed by atoms with Crippen LogP contribution in [0.1, 0.15) is 38.2 Å². The van der Waals surface area contributed by atoms with Gasteiger partial charge in [0.25, 0.3) is 0 Å². The number of likely N-dealkylation sites (tertiary alicyclic amines) is 1. The summed E-state index contributed by atoms with van der Waals surface area (Å²) in [4.78, 5) is 42.3. The van der Waals surface area contributed by atoms with Gasteiger partial charge in [0.2, 0.25) is 23.6 Å². The highest BCUT2D eigenvalue weighted by Gasteiger charge is 2.48. The van der Waals surface area contributed by atoms with Crippen LogP contribution in [0.2, 0.25) is 0 Å². The molecule has 1 aliphatic carbocycles. The normalized spacial score (nSPS) is 22.7. The van der Waals surface area contributed by atoms with Gasteiger partial charge in [-0.1, -0.05) is 18.9 Å². The molecule has 2 heterocycles. The zero-order valence-electron chi connectivity index (χ0n) is 14.4. The fourth-order valence-electron chi connectivity index (χ4n) is 3.61. The number of hydrogen-bond donors (Lipinski definition) is 1. The standard InChI is InChI=1S/C18H23N3O4/c1-2-25-16-12(6-5-9-19-16)10-20-15(22)11-21-17(23)13-7-3-4-8-14(13)18(21)24/h5-6,9,13-14H,2-4,7-8,10-11H2,1H3,(H,20,22)/t13-,14+. The van der Waals surface area contributed by atoms with E-state index in [2.05, 4.69) is 10.3 Å². The summed E-state index contributed by atoms with van der Waals surface area (Å²) in [5.41, 5.74) is 0.755. The molecule has 134 valence electrons. The first-order valence-corrected chi connectivity index (χ1v) is 8.80. The Bertz CT molecular complexity index is 652. The number of imide groups is 1. The minimum absolute atomic E-state index is 0.193. The van der Waals surface area contributed by atoms with Crippen LogP contribution in [0.15, 0.2) is 18.3 Å². The van der Waals surface area contributed by atoms with E-state index < -0.39 is 0 Å². The lowest BCUT2D eigenvalue weighted by Crippen LogP contribution is -2.40. The molecule has 2 atom stereocenters. The molecule has 7 heteroatoms. The van der Waals surface area contributed by atoms with Crippen molar-refractivity contribution in [2.45, 2.75) is 39.2 Å². The van der Waals surface area contributed by atoms with Crippen molar-refractivity contribution in [1.29, 1.82) is 0 Å². The second-order valence-corrected chi connectivity index (χ2v) is 6.44. The van der Waals surface area contributed by atoms with Gasteiger partial charge < -0.3 is 10.1 Å². The Morgan fingerprint density at radius 1 is 1.28 bits per heavy atom. The van der Waals surface area contributed by atoms with Gasteiger partial charge in [-0.2, -0.15) is 0 Å². The number of carbonyl (C=O) groups excluding carboxylic acids is 3. The van der Waals surface area contributed by atoms with E-state index in [1.54, 1.807) is 12.3 Å². The third kappa shape index (κ3) is 3.65. The molecule has 0 aromatic carbocycles. The summed E-state index contributed by atoms with van der Waals surface area (Å²) in [6, 6.07) is 3.58. The number of ether oxygens (including phenoxy) is 1. The van der Waals surface area contributed by atoms with Gasteiger partial charge in [-0.05, 0) is 25.8 Å². The Balaban J connectivity index is 1.58. The zero-order chi connectivity index (χ0) is 17.8. The summed E-state index contributed by atoms with van der Waals surface area (Å²) < 4.78 is 5.42. The molecular formula is C18H23N3O4. The van der Waals surface area contributed by atoms with Crippen molar-refractivity contribution >= 4 is 17.7 Å². The van der Waals surface area contributed by atoms with Crippen molar-refractivity contribution in [2.24, 2.45) is 11.8 Å².